The Morgan fingerprint density at radius 1 is 1.11 bits per heavy atom. The molecule has 0 bridgehead atoms. The van der Waals surface area contributed by atoms with Crippen molar-refractivity contribution in [2.24, 2.45) is 0 Å². The molecule has 1 fully saturated rings. The molecule has 1 heterocycles. The molecule has 0 unspecified atom stereocenters. The largest absolute Gasteiger partial charge is 0.367 e. The quantitative estimate of drug-likeness (QED) is 0.783. The molecule has 3 rings (SSSR count). The number of aryl methyl sites for hydroxylation is 1. The number of hydrogen-bond acceptors (Lipinski definition) is 3. The zero-order valence-corrected chi connectivity index (χ0v) is 16.5. The Bertz CT molecular complexity index is 757. The smallest absolute Gasteiger partial charge is 0.246 e. The number of piperidine rings is 1. The lowest BCUT2D eigenvalue weighted by Crippen LogP contribution is -2.45. The van der Waals surface area contributed by atoms with Gasteiger partial charge in [-0.3, -0.25) is 9.69 Å². The van der Waals surface area contributed by atoms with Crippen LogP contribution in [-0.2, 0) is 22.7 Å². The zero-order valence-electron chi connectivity index (χ0n) is 15.8. The summed E-state index contributed by atoms with van der Waals surface area (Å²) >= 11 is 6.09. The van der Waals surface area contributed by atoms with Crippen molar-refractivity contribution < 1.29 is 9.53 Å². The fraction of sp³-hybridized carbons (Fsp3) is 0.409. The van der Waals surface area contributed by atoms with Crippen LogP contribution in [0.2, 0.25) is 5.02 Å². The van der Waals surface area contributed by atoms with E-state index in [1.807, 2.05) is 24.3 Å². The van der Waals surface area contributed by atoms with Crippen molar-refractivity contribution in [1.29, 1.82) is 0 Å². The molecule has 0 radical (unpaired) electrons. The van der Waals surface area contributed by atoms with Gasteiger partial charge in [0.1, 0.15) is 6.61 Å². The highest BCUT2D eigenvalue weighted by atomic mass is 35.5. The van der Waals surface area contributed by atoms with Crippen molar-refractivity contribution in [1.82, 2.24) is 10.2 Å². The summed E-state index contributed by atoms with van der Waals surface area (Å²) < 4.78 is 5.51. The third-order valence-corrected chi connectivity index (χ3v) is 5.43. The first-order valence-corrected chi connectivity index (χ1v) is 9.87. The van der Waals surface area contributed by atoms with Gasteiger partial charge in [0.2, 0.25) is 5.91 Å². The van der Waals surface area contributed by atoms with E-state index < -0.39 is 0 Å². The number of likely N-dealkylation sites (tertiary alicyclic amines) is 1. The molecule has 0 aromatic heterocycles. The van der Waals surface area contributed by atoms with Gasteiger partial charge in [-0.1, -0.05) is 54.1 Å². The summed E-state index contributed by atoms with van der Waals surface area (Å²) in [6, 6.07) is 16.3. The van der Waals surface area contributed by atoms with Crippen molar-refractivity contribution in [3.63, 3.8) is 0 Å². The van der Waals surface area contributed by atoms with Gasteiger partial charge in [-0.05, 0) is 42.5 Å². The second kappa shape index (κ2) is 9.88. The molecule has 1 N–H and O–H groups in total. The third kappa shape index (κ3) is 6.06. The summed E-state index contributed by atoms with van der Waals surface area (Å²) in [5.41, 5.74) is 3.62. The lowest BCUT2D eigenvalue weighted by Gasteiger charge is -2.32. The Morgan fingerprint density at radius 2 is 1.78 bits per heavy atom. The molecular weight excluding hydrogens is 360 g/mol. The van der Waals surface area contributed by atoms with Gasteiger partial charge in [0.15, 0.2) is 0 Å². The molecule has 27 heavy (non-hydrogen) atoms. The van der Waals surface area contributed by atoms with Gasteiger partial charge in [0, 0.05) is 30.7 Å². The minimum absolute atomic E-state index is 0.0561. The number of carbonyl (C=O) groups is 1. The summed E-state index contributed by atoms with van der Waals surface area (Å²) in [6.07, 6.45) is 1.95. The van der Waals surface area contributed by atoms with Crippen molar-refractivity contribution in [2.75, 3.05) is 19.7 Å². The van der Waals surface area contributed by atoms with Crippen LogP contribution >= 0.6 is 11.6 Å². The molecule has 2 aromatic rings. The van der Waals surface area contributed by atoms with E-state index in [1.54, 1.807) is 0 Å². The molecule has 1 aliphatic rings. The number of nitrogens with one attached hydrogen (secondary N) is 1. The normalized spacial score (nSPS) is 15.6. The van der Waals surface area contributed by atoms with E-state index in [2.05, 4.69) is 41.4 Å². The topological polar surface area (TPSA) is 41.6 Å². The van der Waals surface area contributed by atoms with Gasteiger partial charge in [0.25, 0.3) is 0 Å². The molecule has 144 valence electrons. The first kappa shape index (κ1) is 19.9. The van der Waals surface area contributed by atoms with Gasteiger partial charge in [0.05, 0.1) is 6.61 Å². The third-order valence-electron chi connectivity index (χ3n) is 5.06. The first-order chi connectivity index (χ1) is 13.1. The van der Waals surface area contributed by atoms with Crippen LogP contribution in [0.3, 0.4) is 0 Å². The molecule has 1 amide bonds. The van der Waals surface area contributed by atoms with E-state index in [4.69, 9.17) is 16.3 Å². The SMILES string of the molecule is Cc1ccccc1CN1CCC(NC(=O)COCc2ccccc2Cl)CC1. The van der Waals surface area contributed by atoms with E-state index in [1.165, 1.54) is 11.1 Å². The number of benzene rings is 2. The van der Waals surface area contributed by atoms with Crippen LogP contribution in [0.5, 0.6) is 0 Å². The summed E-state index contributed by atoms with van der Waals surface area (Å²) in [5.74, 6) is -0.0561. The zero-order chi connectivity index (χ0) is 19.1. The molecular formula is C22H27ClN2O2. The van der Waals surface area contributed by atoms with E-state index in [0.717, 1.165) is 38.0 Å². The lowest BCUT2D eigenvalue weighted by molar-refractivity contribution is -0.127. The number of halogens is 1. The molecule has 5 heteroatoms. The molecule has 1 saturated heterocycles. The predicted octanol–water partition coefficient (Wildman–Crippen LogP) is 3.95. The Morgan fingerprint density at radius 3 is 2.48 bits per heavy atom. The van der Waals surface area contributed by atoms with Crippen molar-refractivity contribution in [2.45, 2.75) is 39.0 Å². The minimum atomic E-state index is -0.0561. The molecule has 0 aliphatic carbocycles. The lowest BCUT2D eigenvalue weighted by atomic mass is 10.0. The number of carbonyl (C=O) groups excluding carboxylic acids is 1. The van der Waals surface area contributed by atoms with Crippen LogP contribution in [0.1, 0.15) is 29.5 Å². The van der Waals surface area contributed by atoms with Gasteiger partial charge < -0.3 is 10.1 Å². The second-order valence-corrected chi connectivity index (χ2v) is 7.54. The number of hydrogen-bond donors (Lipinski definition) is 1. The van der Waals surface area contributed by atoms with E-state index in [-0.39, 0.29) is 18.6 Å². The molecule has 0 saturated carbocycles. The number of amides is 1. The number of rotatable bonds is 7. The van der Waals surface area contributed by atoms with Gasteiger partial charge in [-0.25, -0.2) is 0 Å². The Labute approximate surface area is 166 Å². The van der Waals surface area contributed by atoms with E-state index in [0.29, 0.717) is 11.6 Å². The molecule has 1 aliphatic heterocycles. The van der Waals surface area contributed by atoms with E-state index >= 15 is 0 Å². The highest BCUT2D eigenvalue weighted by molar-refractivity contribution is 6.31. The van der Waals surface area contributed by atoms with Gasteiger partial charge in [-0.2, -0.15) is 0 Å². The van der Waals surface area contributed by atoms with Crippen LogP contribution in [0.4, 0.5) is 0 Å². The standard InChI is InChI=1S/C22H27ClN2O2/c1-17-6-2-3-7-18(17)14-25-12-10-20(11-13-25)24-22(26)16-27-15-19-8-4-5-9-21(19)23/h2-9,20H,10-16H2,1H3,(H,24,26). The molecule has 4 nitrogen and oxygen atoms in total. The average Bonchev–Trinajstić information content (AvgIpc) is 2.67. The summed E-state index contributed by atoms with van der Waals surface area (Å²) in [5, 5.41) is 3.76. The van der Waals surface area contributed by atoms with Gasteiger partial charge >= 0.3 is 0 Å². The maximum Gasteiger partial charge on any atom is 0.246 e. The molecule has 0 spiro atoms. The van der Waals surface area contributed by atoms with Crippen LogP contribution in [0.25, 0.3) is 0 Å². The maximum absolute atomic E-state index is 12.1. The van der Waals surface area contributed by atoms with Crippen LogP contribution in [0, 0.1) is 6.92 Å². The monoisotopic (exact) mass is 386 g/mol. The van der Waals surface area contributed by atoms with Crippen molar-refractivity contribution >= 4 is 17.5 Å². The Kier molecular flexibility index (Phi) is 7.27. The van der Waals surface area contributed by atoms with Gasteiger partial charge in [-0.15, -0.1) is 0 Å². The number of nitrogens with zero attached hydrogens (tertiary/aromatic N) is 1. The number of ether oxygens (including phenoxy) is 1. The molecule has 0 atom stereocenters. The Balaban J connectivity index is 1.35. The van der Waals surface area contributed by atoms with Crippen molar-refractivity contribution in [3.05, 3.63) is 70.2 Å². The fourth-order valence-electron chi connectivity index (χ4n) is 3.40. The molecule has 2 aromatic carbocycles. The summed E-state index contributed by atoms with van der Waals surface area (Å²) in [4.78, 5) is 14.6. The highest BCUT2D eigenvalue weighted by Gasteiger charge is 2.21. The van der Waals surface area contributed by atoms with Crippen LogP contribution in [0.15, 0.2) is 48.5 Å². The summed E-state index contributed by atoms with van der Waals surface area (Å²) in [6.45, 7) is 5.55. The van der Waals surface area contributed by atoms with E-state index in [9.17, 15) is 4.79 Å². The summed E-state index contributed by atoms with van der Waals surface area (Å²) in [7, 11) is 0. The minimum Gasteiger partial charge on any atom is -0.367 e. The predicted molar refractivity (Wildman–Crippen MR) is 109 cm³/mol. The fourth-order valence-corrected chi connectivity index (χ4v) is 3.59. The van der Waals surface area contributed by atoms with Crippen LogP contribution in [-0.4, -0.2) is 36.5 Å². The van der Waals surface area contributed by atoms with Crippen LogP contribution < -0.4 is 5.32 Å². The maximum atomic E-state index is 12.1. The Hall–Kier alpha value is -1.88. The second-order valence-electron chi connectivity index (χ2n) is 7.13. The van der Waals surface area contributed by atoms with Crippen molar-refractivity contribution in [3.8, 4) is 0 Å². The average molecular weight is 387 g/mol. The highest BCUT2D eigenvalue weighted by Crippen LogP contribution is 2.17. The first-order valence-electron chi connectivity index (χ1n) is 9.49.